The third kappa shape index (κ3) is 7.58. The van der Waals surface area contributed by atoms with E-state index < -0.39 is 28.0 Å². The molecule has 1 heterocycles. The van der Waals surface area contributed by atoms with Crippen molar-refractivity contribution in [3.8, 4) is 23.0 Å². The van der Waals surface area contributed by atoms with E-state index >= 15 is 0 Å². The topological polar surface area (TPSA) is 138 Å². The molecule has 13 heteroatoms. The highest BCUT2D eigenvalue weighted by Gasteiger charge is 2.36. The van der Waals surface area contributed by atoms with Gasteiger partial charge in [0, 0.05) is 0 Å². The van der Waals surface area contributed by atoms with Crippen molar-refractivity contribution in [2.45, 2.75) is 38.6 Å². The molecule has 0 saturated carbocycles. The zero-order chi connectivity index (χ0) is 31.9. The van der Waals surface area contributed by atoms with Gasteiger partial charge >= 0.3 is 16.1 Å². The number of benzene rings is 3. The Bertz CT molecular complexity index is 1690. The molecule has 44 heavy (non-hydrogen) atoms. The molecular weight excluding hydrogens is 656 g/mol. The third-order valence-corrected chi connectivity index (χ3v) is 7.99. The Hall–Kier alpha value is -4.36. The Labute approximate surface area is 264 Å². The first-order chi connectivity index (χ1) is 21.1. The predicted octanol–water partition coefficient (Wildman–Crippen LogP) is 5.47. The van der Waals surface area contributed by atoms with Gasteiger partial charge in [0.1, 0.15) is 10.5 Å². The first-order valence-corrected chi connectivity index (χ1v) is 16.0. The van der Waals surface area contributed by atoms with E-state index in [1.807, 2.05) is 13.8 Å². The zero-order valence-corrected chi connectivity index (χ0v) is 26.7. The molecule has 11 nitrogen and oxygen atoms in total. The summed E-state index contributed by atoms with van der Waals surface area (Å²) >= 11 is 3.32. The summed E-state index contributed by atoms with van der Waals surface area (Å²) in [6, 6.07) is 14.7. The van der Waals surface area contributed by atoms with Crippen LogP contribution in [0.4, 0.5) is 4.79 Å². The normalized spacial score (nSPS) is 14.4. The van der Waals surface area contributed by atoms with Crippen LogP contribution in [0.5, 0.6) is 23.0 Å². The summed E-state index contributed by atoms with van der Waals surface area (Å²) in [7, 11) is -4.20. The van der Waals surface area contributed by atoms with Crippen LogP contribution in [-0.2, 0) is 26.3 Å². The second kappa shape index (κ2) is 14.4. The van der Waals surface area contributed by atoms with Gasteiger partial charge in [0.25, 0.3) is 11.8 Å². The van der Waals surface area contributed by atoms with Crippen LogP contribution in [0.15, 0.2) is 75.6 Å². The zero-order valence-electron chi connectivity index (χ0n) is 24.3. The maximum atomic E-state index is 13.5. The van der Waals surface area contributed by atoms with Gasteiger partial charge in [0.2, 0.25) is 0 Å². The number of nitrogens with one attached hydrogen (secondary N) is 1. The van der Waals surface area contributed by atoms with Crippen molar-refractivity contribution >= 4 is 50.0 Å². The average Bonchev–Trinajstić information content (AvgIpc) is 2.99. The van der Waals surface area contributed by atoms with Crippen molar-refractivity contribution in [3.63, 3.8) is 0 Å². The predicted molar refractivity (Wildman–Crippen MR) is 165 cm³/mol. The molecule has 232 valence electrons. The molecule has 3 aromatic rings. The summed E-state index contributed by atoms with van der Waals surface area (Å²) in [6.07, 6.45) is 2.09. The van der Waals surface area contributed by atoms with Gasteiger partial charge in [-0.2, -0.15) is 8.42 Å². The number of carbonyl (C=O) groups excluding carboxylic acids is 3. The molecule has 1 aliphatic rings. The standard InChI is InChI=1S/C31H31BrN2O9S/c1-4-14-42-25-13-12-20(17-26(25)40-5-2)19-34-30(36)23(29(35)33-31(34)37)15-21-16-24(32)28(27(18-21)41-6-3)43-44(38,39)22-10-8-7-9-11-22/h7-13,15-18H,4-6,14,19H2,1-3H3,(H,33,35,37)/b23-15+. The Morgan fingerprint density at radius 3 is 2.25 bits per heavy atom. The minimum Gasteiger partial charge on any atom is -0.490 e. The molecule has 0 bridgehead atoms. The fraction of sp³-hybridized carbons (Fsp3) is 0.258. The molecule has 1 fully saturated rings. The molecule has 0 spiro atoms. The summed E-state index contributed by atoms with van der Waals surface area (Å²) in [5.74, 6) is -0.730. The van der Waals surface area contributed by atoms with E-state index in [-0.39, 0.29) is 39.6 Å². The highest BCUT2D eigenvalue weighted by molar-refractivity contribution is 9.10. The van der Waals surface area contributed by atoms with Gasteiger partial charge in [-0.3, -0.25) is 19.8 Å². The molecule has 1 N–H and O–H groups in total. The number of nitrogens with zero attached hydrogens (tertiary/aromatic N) is 1. The van der Waals surface area contributed by atoms with Crippen LogP contribution in [0.3, 0.4) is 0 Å². The summed E-state index contributed by atoms with van der Waals surface area (Å²) in [6.45, 7) is 6.43. The Morgan fingerprint density at radius 1 is 0.864 bits per heavy atom. The van der Waals surface area contributed by atoms with Gasteiger partial charge in [0.05, 0.1) is 30.8 Å². The van der Waals surface area contributed by atoms with E-state index in [2.05, 4.69) is 21.2 Å². The lowest BCUT2D eigenvalue weighted by Gasteiger charge is -2.26. The second-order valence-corrected chi connectivity index (χ2v) is 11.8. The van der Waals surface area contributed by atoms with E-state index in [1.165, 1.54) is 30.3 Å². The van der Waals surface area contributed by atoms with Gasteiger partial charge in [-0.25, -0.2) is 4.79 Å². The molecule has 0 aromatic heterocycles. The van der Waals surface area contributed by atoms with Crippen LogP contribution < -0.4 is 23.7 Å². The van der Waals surface area contributed by atoms with Crippen molar-refractivity contribution < 1.29 is 41.2 Å². The SMILES string of the molecule is CCCOc1ccc(CN2C(=O)NC(=O)/C(=C\c3cc(Br)c(OS(=O)(=O)c4ccccc4)c(OCC)c3)C2=O)cc1OCC. The Kier molecular flexibility index (Phi) is 10.7. The van der Waals surface area contributed by atoms with Crippen molar-refractivity contribution in [1.29, 1.82) is 0 Å². The molecular formula is C31H31BrN2O9S. The number of rotatable bonds is 13. The smallest absolute Gasteiger partial charge is 0.339 e. The van der Waals surface area contributed by atoms with Crippen LogP contribution in [0.1, 0.15) is 38.3 Å². The van der Waals surface area contributed by atoms with Crippen LogP contribution >= 0.6 is 15.9 Å². The lowest BCUT2D eigenvalue weighted by Crippen LogP contribution is -2.53. The summed E-state index contributed by atoms with van der Waals surface area (Å²) in [5, 5.41) is 2.20. The Morgan fingerprint density at radius 2 is 1.57 bits per heavy atom. The lowest BCUT2D eigenvalue weighted by atomic mass is 10.1. The monoisotopic (exact) mass is 686 g/mol. The number of urea groups is 1. The number of carbonyl (C=O) groups is 3. The Balaban J connectivity index is 1.64. The van der Waals surface area contributed by atoms with Crippen LogP contribution in [0.25, 0.3) is 6.08 Å². The summed E-state index contributed by atoms with van der Waals surface area (Å²) in [4.78, 5) is 39.8. The number of hydrogen-bond acceptors (Lipinski definition) is 9. The lowest BCUT2D eigenvalue weighted by molar-refractivity contribution is -0.130. The minimum absolute atomic E-state index is 0.0497. The number of imide groups is 2. The quantitative estimate of drug-likeness (QED) is 0.141. The number of barbiturate groups is 1. The second-order valence-electron chi connectivity index (χ2n) is 9.38. The largest absolute Gasteiger partial charge is 0.490 e. The van der Waals surface area contributed by atoms with Crippen LogP contribution in [-0.4, -0.2) is 51.0 Å². The molecule has 0 unspecified atom stereocenters. The number of hydrogen-bond donors (Lipinski definition) is 1. The fourth-order valence-corrected chi connectivity index (χ4v) is 5.82. The van der Waals surface area contributed by atoms with Crippen molar-refractivity contribution in [3.05, 3.63) is 81.8 Å². The molecule has 0 radical (unpaired) electrons. The summed E-state index contributed by atoms with van der Waals surface area (Å²) in [5.41, 5.74) is 0.586. The first kappa shape index (κ1) is 32.6. The fourth-order valence-electron chi connectivity index (χ4n) is 4.20. The molecule has 0 aliphatic carbocycles. The molecule has 0 atom stereocenters. The van der Waals surface area contributed by atoms with E-state index in [0.29, 0.717) is 35.8 Å². The molecule has 1 saturated heterocycles. The molecule has 1 aliphatic heterocycles. The molecule has 4 amide bonds. The van der Waals surface area contributed by atoms with E-state index in [4.69, 9.17) is 18.4 Å². The van der Waals surface area contributed by atoms with Crippen molar-refractivity contribution in [2.24, 2.45) is 0 Å². The summed E-state index contributed by atoms with van der Waals surface area (Å²) < 4.78 is 48.4. The maximum Gasteiger partial charge on any atom is 0.339 e. The minimum atomic E-state index is -4.20. The molecule has 3 aromatic carbocycles. The third-order valence-electron chi connectivity index (χ3n) is 6.16. The first-order valence-electron chi connectivity index (χ1n) is 13.8. The van der Waals surface area contributed by atoms with Crippen LogP contribution in [0.2, 0.25) is 0 Å². The van der Waals surface area contributed by atoms with Gasteiger partial charge in [0.15, 0.2) is 23.0 Å². The van der Waals surface area contributed by atoms with Crippen LogP contribution in [0, 0.1) is 0 Å². The van der Waals surface area contributed by atoms with Gasteiger partial charge in [-0.1, -0.05) is 31.2 Å². The van der Waals surface area contributed by atoms with Crippen molar-refractivity contribution in [1.82, 2.24) is 10.2 Å². The van der Waals surface area contributed by atoms with Gasteiger partial charge in [-0.05, 0) is 89.8 Å². The number of ether oxygens (including phenoxy) is 3. The van der Waals surface area contributed by atoms with Crippen molar-refractivity contribution in [2.75, 3.05) is 19.8 Å². The van der Waals surface area contributed by atoms with E-state index in [1.54, 1.807) is 43.3 Å². The van der Waals surface area contributed by atoms with Gasteiger partial charge < -0.3 is 18.4 Å². The number of halogens is 1. The molecule has 4 rings (SSSR count). The van der Waals surface area contributed by atoms with E-state index in [9.17, 15) is 22.8 Å². The van der Waals surface area contributed by atoms with E-state index in [0.717, 1.165) is 11.3 Å². The van der Waals surface area contributed by atoms with Gasteiger partial charge in [-0.15, -0.1) is 0 Å². The highest BCUT2D eigenvalue weighted by Crippen LogP contribution is 2.39. The average molecular weight is 688 g/mol. The highest BCUT2D eigenvalue weighted by atomic mass is 79.9. The number of amides is 4. The maximum absolute atomic E-state index is 13.5.